The summed E-state index contributed by atoms with van der Waals surface area (Å²) in [5.74, 6) is -28.9. The fourth-order valence-electron chi connectivity index (χ4n) is 11.7. The Balaban J connectivity index is 1.16. The van der Waals surface area contributed by atoms with Gasteiger partial charge in [0.15, 0.2) is 5.82 Å². The van der Waals surface area contributed by atoms with Crippen molar-refractivity contribution < 1.29 is 156 Å². The first-order valence-corrected chi connectivity index (χ1v) is 36.8. The highest BCUT2D eigenvalue weighted by molar-refractivity contribution is 6.07. The van der Waals surface area contributed by atoms with Gasteiger partial charge in [-0.15, -0.1) is 5.10 Å². The van der Waals surface area contributed by atoms with E-state index in [1.54, 1.807) is 49.4 Å². The molecule has 4 rings (SSSR count). The van der Waals surface area contributed by atoms with Crippen LogP contribution in [0.3, 0.4) is 0 Å². The molecule has 646 valence electrons. The topological polar surface area (TPSA) is 739 Å². The lowest BCUT2D eigenvalue weighted by Crippen LogP contribution is -2.50. The normalized spacial score (nSPS) is 13.5. The molecule has 3 aromatic carbocycles. The zero-order chi connectivity index (χ0) is 89.1. The highest BCUT2D eigenvalue weighted by atomic mass is 19.1. The first-order valence-electron chi connectivity index (χ1n) is 36.8. The van der Waals surface area contributed by atoms with Crippen LogP contribution in [0.5, 0.6) is 0 Å². The van der Waals surface area contributed by atoms with Gasteiger partial charge in [0.1, 0.15) is 59.7 Å². The number of fused-ring (bicyclic) bond motifs is 1. The molecule has 0 saturated carbocycles. The second-order valence-corrected chi connectivity index (χ2v) is 27.5. The van der Waals surface area contributed by atoms with E-state index in [2.05, 4.69) is 37.0 Å². The molecule has 10 atom stereocenters. The van der Waals surface area contributed by atoms with Crippen LogP contribution in [0.2, 0.25) is 0 Å². The van der Waals surface area contributed by atoms with Crippen molar-refractivity contribution in [3.63, 3.8) is 0 Å². The highest BCUT2D eigenvalue weighted by Crippen LogP contribution is 2.34. The Bertz CT molecular complexity index is 4480. The lowest BCUT2D eigenvalue weighted by atomic mass is 9.94. The molecule has 1 heterocycles. The van der Waals surface area contributed by atoms with Crippen molar-refractivity contribution in [1.29, 1.82) is 0 Å². The molecule has 45 heteroatoms. The number of anilines is 3. The number of benzene rings is 3. The number of aromatic nitrogens is 2. The SMILES string of the molecule is Cc1ccc(F)c(NC(=O)Nc2ccc(-c3cccc4c3c(N)nn4C(=O)C[C@H](N)C(=O)N[C@@H](CCC(=O)N[C@@H](CCC(=O)CC[C@@H](CCC(=O)N[C@@H](CCC(=O)CC[C@@H](CCC(=O)N[C@@H](CCC(=O)N[C@@H](CCC(=O)N[C@@H](CCC(=O)N[C@@H](CCC(=O)O)C(=O)O)C(=O)O)C(=O)O)C(=O)O)C(=O)O)C(=O)O)C(=O)O)C(=O)O)C(=O)O)cc2)c1. The largest absolute Gasteiger partial charge is 0.481 e. The van der Waals surface area contributed by atoms with Crippen molar-refractivity contribution in [1.82, 2.24) is 47.0 Å². The number of carbonyl (C=O) groups is 21. The number of nitrogens with two attached hydrogens (primary N) is 2. The molecule has 0 radical (unpaired) electrons. The number of rotatable bonds is 55. The summed E-state index contributed by atoms with van der Waals surface area (Å²) in [5, 5.41) is 120. The third-order valence-electron chi connectivity index (χ3n) is 18.3. The Morgan fingerprint density at radius 2 is 0.739 bits per heavy atom. The zero-order valence-corrected chi connectivity index (χ0v) is 63.8. The Kier molecular flexibility index (Phi) is 39.2. The number of nitrogens with zero attached hydrogens (tertiary/aromatic N) is 2. The van der Waals surface area contributed by atoms with E-state index < -0.39 is 338 Å². The van der Waals surface area contributed by atoms with Gasteiger partial charge in [-0.2, -0.15) is 4.68 Å². The van der Waals surface area contributed by atoms with Gasteiger partial charge < -0.3 is 110 Å². The molecule has 4 aromatic rings. The number of hydrogen-bond donors (Lipinski definition) is 21. The highest BCUT2D eigenvalue weighted by Gasteiger charge is 2.33. The number of carboxylic acid groups (broad SMARTS) is 10. The second kappa shape index (κ2) is 47.8. The molecule has 0 spiro atoms. The minimum Gasteiger partial charge on any atom is -0.481 e. The smallest absolute Gasteiger partial charge is 0.326 e. The van der Waals surface area contributed by atoms with E-state index >= 15 is 0 Å². The summed E-state index contributed by atoms with van der Waals surface area (Å²) in [6, 6.07) is 0.733. The van der Waals surface area contributed by atoms with Gasteiger partial charge in [0.05, 0.1) is 40.9 Å². The van der Waals surface area contributed by atoms with Crippen LogP contribution in [0.1, 0.15) is 158 Å². The van der Waals surface area contributed by atoms with Crippen LogP contribution in [0.15, 0.2) is 60.7 Å². The monoisotopic (exact) mass is 1680 g/mol. The Hall–Kier alpha value is -13.9. The van der Waals surface area contributed by atoms with Crippen LogP contribution in [0, 0.1) is 24.6 Å². The average molecular weight is 1680 g/mol. The maximum Gasteiger partial charge on any atom is 0.326 e. The van der Waals surface area contributed by atoms with E-state index in [9.17, 15) is 151 Å². The van der Waals surface area contributed by atoms with Crippen molar-refractivity contribution >= 4 is 153 Å². The van der Waals surface area contributed by atoms with Crippen LogP contribution >= 0.6 is 0 Å². The molecule has 1 aromatic heterocycles. The quantitative estimate of drug-likeness (QED) is 0.0292. The maximum atomic E-state index is 14.2. The first kappa shape index (κ1) is 97.5. The predicted octanol–water partition coefficient (Wildman–Crippen LogP) is 0.927. The van der Waals surface area contributed by atoms with Gasteiger partial charge in [0, 0.05) is 76.3 Å². The van der Waals surface area contributed by atoms with Gasteiger partial charge in [-0.05, 0) is 125 Å². The number of ketones is 2. The molecule has 0 fully saturated rings. The number of hydrogen-bond acceptors (Lipinski definition) is 24. The number of aryl methyl sites for hydroxylation is 1. The number of amides is 9. The molecule has 0 aliphatic heterocycles. The molecule has 119 heavy (non-hydrogen) atoms. The summed E-state index contributed by atoms with van der Waals surface area (Å²) in [5.41, 5.74) is 14.6. The Morgan fingerprint density at radius 3 is 1.10 bits per heavy atom. The summed E-state index contributed by atoms with van der Waals surface area (Å²) in [7, 11) is 0. The van der Waals surface area contributed by atoms with Crippen molar-refractivity contribution in [2.75, 3.05) is 16.4 Å². The van der Waals surface area contributed by atoms with Crippen LogP contribution in [0.4, 0.5) is 26.4 Å². The van der Waals surface area contributed by atoms with Gasteiger partial charge in [-0.1, -0.05) is 30.3 Å². The standard InChI is InChI=1S/C74H92FN13O31/c1-35-5-18-43(75)52(33-35)86-74(119)78-39-12-6-36(7-13-39)42-3-2-4-53-62(42)63(77)87-88(53)60(97)34-44(76)64(100)85-51(73(117)118)24-31-59(96)80-46(68(107)108)20-17-41(90)15-8-37(65(101)102)10-26-54(91)79-45(67(105)106)19-16-40(89)14-9-38(66(103)104)11-27-55(92)81-47(69(109)110)21-28-56(93)82-48(70(111)112)22-29-57(94)83-49(71(113)114)23-30-58(95)84-50(72(115)116)25-32-61(98)99/h2-7,12-13,18,33,37-38,44-51H,8-11,14-17,19-32,34,76H2,1H3,(H2,77,87)(H,79,91)(H,80,96)(H,81,92)(H,82,93)(H,83,94)(H,84,95)(H,85,100)(H,98,99)(H,101,102)(H,103,104)(H,105,106)(H,107,108)(H,109,110)(H,111,112)(H,113,114)(H,115,116)(H,117,118)(H2,78,86,119)/t37-,38-,44-,45-,46-,47-,48-,49-,50-,51-/m0/s1. The maximum absolute atomic E-state index is 14.2. The fourth-order valence-corrected chi connectivity index (χ4v) is 11.7. The lowest BCUT2D eigenvalue weighted by molar-refractivity contribution is -0.144. The second-order valence-electron chi connectivity index (χ2n) is 27.5. The van der Waals surface area contributed by atoms with Crippen LogP contribution in [-0.4, -0.2) is 234 Å². The van der Waals surface area contributed by atoms with Gasteiger partial charge in [0.25, 0.3) is 0 Å². The molecular formula is C74H92FN13O31. The summed E-state index contributed by atoms with van der Waals surface area (Å²) in [4.78, 5) is 260. The number of Topliss-reactive ketones (excluding diaryl/α,β-unsaturated/α-hetero) is 2. The van der Waals surface area contributed by atoms with E-state index in [1.807, 2.05) is 16.0 Å². The van der Waals surface area contributed by atoms with Crippen LogP contribution in [-0.2, 0) is 91.1 Å². The van der Waals surface area contributed by atoms with Gasteiger partial charge in [0.2, 0.25) is 47.3 Å². The van der Waals surface area contributed by atoms with Crippen molar-refractivity contribution in [3.05, 3.63) is 72.0 Å². The number of nitrogen functional groups attached to an aromatic ring is 1. The number of aliphatic carboxylic acids is 10. The Morgan fingerprint density at radius 1 is 0.403 bits per heavy atom. The molecule has 0 aliphatic carbocycles. The fraction of sp³-hybridized carbons (Fsp3) is 0.459. The summed E-state index contributed by atoms with van der Waals surface area (Å²) < 4.78 is 15.1. The van der Waals surface area contributed by atoms with Gasteiger partial charge in [-0.3, -0.25) is 62.3 Å². The van der Waals surface area contributed by atoms with Crippen molar-refractivity contribution in [2.24, 2.45) is 17.6 Å². The average Bonchev–Trinajstić information content (AvgIpc) is 1.63. The minimum atomic E-state index is -1.81. The number of carbonyl (C=O) groups excluding carboxylic acids is 11. The van der Waals surface area contributed by atoms with Gasteiger partial charge in [-0.25, -0.2) is 42.7 Å². The first-order chi connectivity index (χ1) is 55.9. The number of halogens is 1. The Labute approximate surface area is 673 Å². The molecular weight excluding hydrogens is 1590 g/mol. The molecule has 0 unspecified atom stereocenters. The van der Waals surface area contributed by atoms with Crippen LogP contribution in [0.25, 0.3) is 22.0 Å². The number of nitrogens with one attached hydrogen (secondary N) is 9. The van der Waals surface area contributed by atoms with E-state index in [0.717, 1.165) is 10.2 Å². The molecule has 0 bridgehead atoms. The summed E-state index contributed by atoms with van der Waals surface area (Å²) >= 11 is 0. The van der Waals surface area contributed by atoms with Crippen LogP contribution < -0.4 is 59.3 Å². The van der Waals surface area contributed by atoms with E-state index in [-0.39, 0.29) is 17.0 Å². The molecule has 9 amide bonds. The molecule has 44 nitrogen and oxygen atoms in total. The number of urea groups is 1. The number of carboxylic acids is 10. The summed E-state index contributed by atoms with van der Waals surface area (Å²) in [6.45, 7) is 1.73. The molecule has 0 aliphatic rings. The van der Waals surface area contributed by atoms with E-state index in [4.69, 9.17) is 16.6 Å². The van der Waals surface area contributed by atoms with E-state index in [0.29, 0.717) is 22.2 Å². The lowest BCUT2D eigenvalue weighted by Gasteiger charge is -2.19. The van der Waals surface area contributed by atoms with Gasteiger partial charge >= 0.3 is 65.7 Å². The minimum absolute atomic E-state index is 0.0275. The summed E-state index contributed by atoms with van der Waals surface area (Å²) in [6.07, 6.45) is -13.4. The third kappa shape index (κ3) is 34.2. The van der Waals surface area contributed by atoms with E-state index in [1.165, 1.54) is 18.2 Å². The van der Waals surface area contributed by atoms with Crippen molar-refractivity contribution in [3.8, 4) is 11.1 Å². The predicted molar refractivity (Wildman–Crippen MR) is 405 cm³/mol. The third-order valence-corrected chi connectivity index (χ3v) is 18.3. The molecule has 0 saturated heterocycles. The van der Waals surface area contributed by atoms with Crippen molar-refractivity contribution in [2.45, 2.75) is 203 Å². The molecule has 23 N–H and O–H groups in total. The zero-order valence-electron chi connectivity index (χ0n) is 63.8.